The van der Waals surface area contributed by atoms with Crippen molar-refractivity contribution in [2.45, 2.75) is 30.0 Å². The first-order chi connectivity index (χ1) is 19.3. The summed E-state index contributed by atoms with van der Waals surface area (Å²) in [5.41, 5.74) is 1.69. The first-order valence-corrected chi connectivity index (χ1v) is 13.5. The van der Waals surface area contributed by atoms with Gasteiger partial charge in [-0.1, -0.05) is 0 Å². The van der Waals surface area contributed by atoms with Crippen LogP contribution in [0, 0.1) is 5.82 Å². The van der Waals surface area contributed by atoms with Crippen LogP contribution >= 0.6 is 0 Å². The maximum absolute atomic E-state index is 13.5. The first-order valence-electron chi connectivity index (χ1n) is 12.4. The third-order valence-electron chi connectivity index (χ3n) is 6.61. The Morgan fingerprint density at radius 2 is 1.80 bits per heavy atom. The number of aromatic nitrogens is 4. The van der Waals surface area contributed by atoms with Crippen molar-refractivity contribution in [1.29, 1.82) is 0 Å². The van der Waals surface area contributed by atoms with E-state index < -0.39 is 23.1 Å². The standard InChI is InChI=1S/C27H22F4N6O2S/c28-19-7-3-17(4-8-19)23-24(37-14-15-39-26(37)35-23)22-11-12-32-25(34-22)33-20-2-1-13-36(16-20)40(38)21-9-5-18(6-10-21)27(29,30)31/h3-12,14-15,20H,1-2,13,16H2,(H,32,33,34)/t20-,40?/m1/s1. The fourth-order valence-electron chi connectivity index (χ4n) is 4.70. The Labute approximate surface area is 229 Å². The highest BCUT2D eigenvalue weighted by Gasteiger charge is 2.33. The van der Waals surface area contributed by atoms with E-state index in [4.69, 9.17) is 9.40 Å². The molecule has 1 aliphatic rings. The molecule has 3 aromatic heterocycles. The van der Waals surface area contributed by atoms with Crippen LogP contribution in [0.3, 0.4) is 0 Å². The van der Waals surface area contributed by atoms with Crippen molar-refractivity contribution in [2.75, 3.05) is 18.4 Å². The Balaban J connectivity index is 1.21. The van der Waals surface area contributed by atoms with Crippen LogP contribution in [0.15, 0.2) is 82.6 Å². The quantitative estimate of drug-likeness (QED) is 0.203. The normalized spacial score (nSPS) is 17.3. The second kappa shape index (κ2) is 10.6. The van der Waals surface area contributed by atoms with Crippen LogP contribution < -0.4 is 5.32 Å². The molecule has 0 saturated carbocycles. The largest absolute Gasteiger partial charge is 0.593 e. The zero-order valence-corrected chi connectivity index (χ0v) is 21.6. The van der Waals surface area contributed by atoms with E-state index in [0.717, 1.165) is 25.0 Å². The number of nitrogens with zero attached hydrogens (tertiary/aromatic N) is 5. The predicted molar refractivity (Wildman–Crippen MR) is 140 cm³/mol. The van der Waals surface area contributed by atoms with Crippen molar-refractivity contribution in [3.8, 4) is 22.6 Å². The number of nitrogens with one attached hydrogen (secondary N) is 1. The van der Waals surface area contributed by atoms with Crippen molar-refractivity contribution in [3.05, 3.63) is 84.6 Å². The van der Waals surface area contributed by atoms with Gasteiger partial charge < -0.3 is 14.3 Å². The maximum Gasteiger partial charge on any atom is 0.416 e. The summed E-state index contributed by atoms with van der Waals surface area (Å²) in [6.07, 6.45) is 1.89. The SMILES string of the molecule is [O-][S+](c1ccc(C(F)(F)F)cc1)N1CCC[C@@H](Nc2nccc(-c3c(-c4ccc(F)cc4)nc4occn34)n2)C1. The molecule has 206 valence electrons. The Morgan fingerprint density at radius 1 is 1.02 bits per heavy atom. The first kappa shape index (κ1) is 26.3. The highest BCUT2D eigenvalue weighted by atomic mass is 32.2. The summed E-state index contributed by atoms with van der Waals surface area (Å²) in [5, 5.41) is 3.31. The summed E-state index contributed by atoms with van der Waals surface area (Å²) < 4.78 is 74.3. The molecule has 40 heavy (non-hydrogen) atoms. The fourth-order valence-corrected chi connectivity index (χ4v) is 5.98. The Kier molecular flexibility index (Phi) is 6.94. The van der Waals surface area contributed by atoms with E-state index >= 15 is 0 Å². The number of hydrogen-bond acceptors (Lipinski definition) is 7. The van der Waals surface area contributed by atoms with Crippen LogP contribution in [0.2, 0.25) is 0 Å². The van der Waals surface area contributed by atoms with E-state index in [-0.39, 0.29) is 11.9 Å². The van der Waals surface area contributed by atoms with Gasteiger partial charge in [-0.05, 0) is 67.4 Å². The summed E-state index contributed by atoms with van der Waals surface area (Å²) in [6, 6.07) is 12.0. The summed E-state index contributed by atoms with van der Waals surface area (Å²) in [4.78, 5) is 13.9. The third kappa shape index (κ3) is 5.27. The minimum atomic E-state index is -4.45. The minimum Gasteiger partial charge on any atom is -0.593 e. The fraction of sp³-hybridized carbons (Fsp3) is 0.222. The molecule has 1 aliphatic heterocycles. The van der Waals surface area contributed by atoms with Crippen LogP contribution in [-0.2, 0) is 17.5 Å². The van der Waals surface area contributed by atoms with E-state index in [1.54, 1.807) is 39.3 Å². The summed E-state index contributed by atoms with van der Waals surface area (Å²) in [5.74, 6) is 0.353. The number of anilines is 1. The van der Waals surface area contributed by atoms with Gasteiger partial charge in [0.2, 0.25) is 5.95 Å². The van der Waals surface area contributed by atoms with Crippen LogP contribution in [0.5, 0.6) is 0 Å². The van der Waals surface area contributed by atoms with Gasteiger partial charge in [-0.3, -0.25) is 4.40 Å². The lowest BCUT2D eigenvalue weighted by molar-refractivity contribution is -0.137. The molecule has 8 nitrogen and oxygen atoms in total. The van der Waals surface area contributed by atoms with Gasteiger partial charge in [0, 0.05) is 30.5 Å². The molecule has 2 atom stereocenters. The highest BCUT2D eigenvalue weighted by Crippen LogP contribution is 2.33. The van der Waals surface area contributed by atoms with E-state index in [1.165, 1.54) is 30.5 Å². The molecule has 6 rings (SSSR count). The molecule has 1 N–H and O–H groups in total. The molecule has 4 heterocycles. The van der Waals surface area contributed by atoms with Crippen LogP contribution in [0.25, 0.3) is 28.5 Å². The summed E-state index contributed by atoms with van der Waals surface area (Å²) in [6.45, 7) is 0.933. The topological polar surface area (TPSA) is 94.5 Å². The van der Waals surface area contributed by atoms with Crippen LogP contribution in [0.4, 0.5) is 23.5 Å². The van der Waals surface area contributed by atoms with Gasteiger partial charge in [-0.2, -0.15) is 18.2 Å². The molecule has 2 aromatic carbocycles. The van der Waals surface area contributed by atoms with Crippen LogP contribution in [0.1, 0.15) is 18.4 Å². The Morgan fingerprint density at radius 3 is 2.55 bits per heavy atom. The minimum absolute atomic E-state index is 0.140. The number of imidazole rings is 1. The smallest absolute Gasteiger partial charge is 0.416 e. The molecule has 1 fully saturated rings. The van der Waals surface area contributed by atoms with Gasteiger partial charge in [0.25, 0.3) is 0 Å². The maximum atomic E-state index is 13.5. The number of benzene rings is 2. The van der Waals surface area contributed by atoms with E-state index in [2.05, 4.69) is 15.3 Å². The van der Waals surface area contributed by atoms with Gasteiger partial charge in [0.05, 0.1) is 29.2 Å². The van der Waals surface area contributed by atoms with E-state index in [0.29, 0.717) is 52.4 Å². The molecule has 0 amide bonds. The van der Waals surface area contributed by atoms with Gasteiger partial charge >= 0.3 is 12.0 Å². The number of fused-ring (bicyclic) bond motifs is 1. The van der Waals surface area contributed by atoms with Gasteiger partial charge in [-0.15, -0.1) is 4.31 Å². The van der Waals surface area contributed by atoms with E-state index in [1.807, 2.05) is 0 Å². The Bertz CT molecular complexity index is 1620. The van der Waals surface area contributed by atoms with Crippen molar-refractivity contribution in [3.63, 3.8) is 0 Å². The van der Waals surface area contributed by atoms with E-state index in [9.17, 15) is 22.1 Å². The molecule has 0 radical (unpaired) electrons. The van der Waals surface area contributed by atoms with Crippen molar-refractivity contribution >= 4 is 23.2 Å². The Hall–Kier alpha value is -3.94. The van der Waals surface area contributed by atoms with Crippen molar-refractivity contribution in [2.24, 2.45) is 0 Å². The summed E-state index contributed by atoms with van der Waals surface area (Å²) >= 11 is -1.61. The number of alkyl halides is 3. The molecule has 1 saturated heterocycles. The predicted octanol–water partition coefficient (Wildman–Crippen LogP) is 5.81. The van der Waals surface area contributed by atoms with Gasteiger partial charge in [0.15, 0.2) is 4.90 Å². The monoisotopic (exact) mass is 570 g/mol. The molecule has 5 aromatic rings. The lowest BCUT2D eigenvalue weighted by Crippen LogP contribution is -2.45. The van der Waals surface area contributed by atoms with Crippen molar-refractivity contribution in [1.82, 2.24) is 23.7 Å². The average molecular weight is 571 g/mol. The second-order valence-corrected chi connectivity index (χ2v) is 10.8. The number of rotatable bonds is 6. The van der Waals surface area contributed by atoms with Gasteiger partial charge in [0.1, 0.15) is 23.5 Å². The lowest BCUT2D eigenvalue weighted by Gasteiger charge is -2.32. The molecule has 0 aliphatic carbocycles. The zero-order valence-electron chi connectivity index (χ0n) is 20.8. The molecule has 0 bridgehead atoms. The molecule has 13 heteroatoms. The average Bonchev–Trinajstić information content (AvgIpc) is 3.55. The molecule has 0 spiro atoms. The van der Waals surface area contributed by atoms with Crippen molar-refractivity contribution < 1.29 is 26.5 Å². The van der Waals surface area contributed by atoms with Gasteiger partial charge in [-0.25, -0.2) is 14.4 Å². The number of piperidine rings is 1. The number of oxazole rings is 1. The third-order valence-corrected chi connectivity index (χ3v) is 8.09. The molecular formula is C27H22F4N6O2S. The second-order valence-electron chi connectivity index (χ2n) is 9.28. The molecular weight excluding hydrogens is 548 g/mol. The number of halogens is 4. The lowest BCUT2D eigenvalue weighted by atomic mass is 10.1. The summed E-state index contributed by atoms with van der Waals surface area (Å²) in [7, 11) is 0. The van der Waals surface area contributed by atoms with Crippen LogP contribution in [-0.4, -0.2) is 47.3 Å². The zero-order chi connectivity index (χ0) is 27.9. The molecule has 1 unspecified atom stereocenters. The highest BCUT2D eigenvalue weighted by molar-refractivity contribution is 7.89. The number of hydrogen-bond donors (Lipinski definition) is 1.